The summed E-state index contributed by atoms with van der Waals surface area (Å²) in [5, 5.41) is 12.4. The Morgan fingerprint density at radius 1 is 0.938 bits per heavy atom. The first-order chi connectivity index (χ1) is 7.68. The number of hydrogen-bond acceptors (Lipinski definition) is 3. The van der Waals surface area contributed by atoms with Gasteiger partial charge in [0.25, 0.3) is 0 Å². The van der Waals surface area contributed by atoms with Crippen molar-refractivity contribution in [2.24, 2.45) is 0 Å². The van der Waals surface area contributed by atoms with E-state index in [1.165, 1.54) is 32.1 Å². The van der Waals surface area contributed by atoms with Gasteiger partial charge in [-0.1, -0.05) is 19.3 Å². The summed E-state index contributed by atoms with van der Waals surface area (Å²) in [6, 6.07) is 1.51. The van der Waals surface area contributed by atoms with Gasteiger partial charge >= 0.3 is 0 Å². The summed E-state index contributed by atoms with van der Waals surface area (Å²) in [5.74, 6) is 0. The van der Waals surface area contributed by atoms with E-state index in [4.69, 9.17) is 0 Å². The normalized spacial score (nSPS) is 42.2. The van der Waals surface area contributed by atoms with Crippen LogP contribution in [0.15, 0.2) is 0 Å². The van der Waals surface area contributed by atoms with Crippen molar-refractivity contribution < 1.29 is 5.11 Å². The van der Waals surface area contributed by atoms with E-state index in [1.54, 1.807) is 0 Å². The first-order valence-corrected chi connectivity index (χ1v) is 6.91. The van der Waals surface area contributed by atoms with Gasteiger partial charge in [-0.05, 0) is 39.5 Å². The molecule has 16 heavy (non-hydrogen) atoms. The lowest BCUT2D eigenvalue weighted by molar-refractivity contribution is -0.0152. The van der Waals surface area contributed by atoms with E-state index < -0.39 is 0 Å². The number of aliphatic hydroxyl groups is 1. The van der Waals surface area contributed by atoms with E-state index in [-0.39, 0.29) is 12.1 Å². The largest absolute Gasteiger partial charge is 0.391 e. The van der Waals surface area contributed by atoms with E-state index >= 15 is 0 Å². The summed E-state index contributed by atoms with van der Waals surface area (Å²) in [6.07, 6.45) is 8.28. The second-order valence-electron chi connectivity index (χ2n) is 5.62. The SMILES string of the molecule is CC1CCCC(C)N1N[C@H]1CCCC[C@@H]1O. The lowest BCUT2D eigenvalue weighted by atomic mass is 9.92. The van der Waals surface area contributed by atoms with E-state index in [9.17, 15) is 5.11 Å². The maximum Gasteiger partial charge on any atom is 0.0706 e. The van der Waals surface area contributed by atoms with Gasteiger partial charge < -0.3 is 5.11 Å². The summed E-state index contributed by atoms with van der Waals surface area (Å²) < 4.78 is 0. The molecule has 0 spiro atoms. The Morgan fingerprint density at radius 2 is 1.56 bits per heavy atom. The molecule has 0 aromatic rings. The van der Waals surface area contributed by atoms with Crippen molar-refractivity contribution in [2.75, 3.05) is 0 Å². The summed E-state index contributed by atoms with van der Waals surface area (Å²) in [5.41, 5.74) is 3.59. The summed E-state index contributed by atoms with van der Waals surface area (Å²) in [4.78, 5) is 0. The van der Waals surface area contributed by atoms with Crippen LogP contribution in [0.3, 0.4) is 0 Å². The van der Waals surface area contributed by atoms with Crippen LogP contribution in [0.4, 0.5) is 0 Å². The van der Waals surface area contributed by atoms with Crippen molar-refractivity contribution in [1.29, 1.82) is 0 Å². The van der Waals surface area contributed by atoms with Crippen LogP contribution in [0, 0.1) is 0 Å². The van der Waals surface area contributed by atoms with Crippen molar-refractivity contribution in [2.45, 2.75) is 83.0 Å². The third-order valence-corrected chi connectivity index (χ3v) is 4.24. The van der Waals surface area contributed by atoms with Gasteiger partial charge in [0, 0.05) is 18.1 Å². The molecule has 2 rings (SSSR count). The fraction of sp³-hybridized carbons (Fsp3) is 1.00. The van der Waals surface area contributed by atoms with Crippen LogP contribution >= 0.6 is 0 Å². The molecule has 3 nitrogen and oxygen atoms in total. The van der Waals surface area contributed by atoms with Gasteiger partial charge in [0.1, 0.15) is 0 Å². The lowest BCUT2D eigenvalue weighted by Crippen LogP contribution is -2.58. The molecule has 2 unspecified atom stereocenters. The summed E-state index contributed by atoms with van der Waals surface area (Å²) >= 11 is 0. The van der Waals surface area contributed by atoms with Gasteiger partial charge in [-0.2, -0.15) is 0 Å². The van der Waals surface area contributed by atoms with E-state index in [2.05, 4.69) is 24.3 Å². The first-order valence-electron chi connectivity index (χ1n) is 6.91. The molecule has 1 heterocycles. The van der Waals surface area contributed by atoms with Gasteiger partial charge in [-0.3, -0.25) is 0 Å². The van der Waals surface area contributed by atoms with Crippen LogP contribution in [0.2, 0.25) is 0 Å². The molecule has 3 heteroatoms. The highest BCUT2D eigenvalue weighted by Crippen LogP contribution is 2.24. The number of hydrazine groups is 1. The predicted octanol–water partition coefficient (Wildman–Crippen LogP) is 2.06. The van der Waals surface area contributed by atoms with Crippen molar-refractivity contribution in [1.82, 2.24) is 10.4 Å². The molecule has 0 aromatic carbocycles. The quantitative estimate of drug-likeness (QED) is 0.756. The van der Waals surface area contributed by atoms with Crippen molar-refractivity contribution in [3.05, 3.63) is 0 Å². The van der Waals surface area contributed by atoms with Gasteiger partial charge in [0.2, 0.25) is 0 Å². The zero-order valence-electron chi connectivity index (χ0n) is 10.7. The number of nitrogens with one attached hydrogen (secondary N) is 1. The lowest BCUT2D eigenvalue weighted by Gasteiger charge is -2.43. The zero-order chi connectivity index (χ0) is 11.5. The molecular formula is C13H26N2O. The Hall–Kier alpha value is -0.120. The van der Waals surface area contributed by atoms with Crippen molar-refractivity contribution in [3.63, 3.8) is 0 Å². The van der Waals surface area contributed by atoms with Gasteiger partial charge in [0.15, 0.2) is 0 Å². The molecule has 2 aliphatic rings. The number of rotatable bonds is 2. The van der Waals surface area contributed by atoms with Crippen LogP contribution in [-0.2, 0) is 0 Å². The van der Waals surface area contributed by atoms with Crippen LogP contribution in [0.1, 0.15) is 58.8 Å². The molecule has 0 bridgehead atoms. The number of piperidine rings is 1. The third kappa shape index (κ3) is 2.76. The highest BCUT2D eigenvalue weighted by molar-refractivity contribution is 4.84. The molecule has 1 aliphatic carbocycles. The molecule has 4 atom stereocenters. The average molecular weight is 226 g/mol. The maximum absolute atomic E-state index is 9.98. The molecule has 2 fully saturated rings. The van der Waals surface area contributed by atoms with Gasteiger partial charge in [-0.15, -0.1) is 0 Å². The molecule has 1 aliphatic heterocycles. The maximum atomic E-state index is 9.98. The third-order valence-electron chi connectivity index (χ3n) is 4.24. The Balaban J connectivity index is 1.90. The van der Waals surface area contributed by atoms with Crippen molar-refractivity contribution >= 4 is 0 Å². The zero-order valence-corrected chi connectivity index (χ0v) is 10.7. The molecule has 0 amide bonds. The van der Waals surface area contributed by atoms with E-state index in [0.29, 0.717) is 12.1 Å². The summed E-state index contributed by atoms with van der Waals surface area (Å²) in [7, 11) is 0. The first kappa shape index (κ1) is 12.3. The molecule has 94 valence electrons. The van der Waals surface area contributed by atoms with Gasteiger partial charge in [0.05, 0.1) is 6.10 Å². The minimum absolute atomic E-state index is 0.143. The van der Waals surface area contributed by atoms with Crippen LogP contribution in [-0.4, -0.2) is 34.3 Å². The monoisotopic (exact) mass is 226 g/mol. The second kappa shape index (κ2) is 5.48. The van der Waals surface area contributed by atoms with E-state index in [0.717, 1.165) is 12.8 Å². The predicted molar refractivity (Wildman–Crippen MR) is 66.0 cm³/mol. The molecular weight excluding hydrogens is 200 g/mol. The average Bonchev–Trinajstić information content (AvgIpc) is 2.26. The number of aliphatic hydroxyl groups excluding tert-OH is 1. The minimum atomic E-state index is -0.143. The van der Waals surface area contributed by atoms with Crippen LogP contribution in [0.5, 0.6) is 0 Å². The Labute approximate surface area is 99.2 Å². The smallest absolute Gasteiger partial charge is 0.0706 e. The molecule has 1 saturated carbocycles. The standard InChI is InChI=1S/C13H26N2O/c1-10-6-5-7-11(2)15(10)14-12-8-3-4-9-13(12)16/h10-14,16H,3-9H2,1-2H3/t10?,11?,12-,13-/m0/s1. The minimum Gasteiger partial charge on any atom is -0.391 e. The van der Waals surface area contributed by atoms with Gasteiger partial charge in [-0.25, -0.2) is 10.4 Å². The number of hydrogen-bond donors (Lipinski definition) is 2. The second-order valence-corrected chi connectivity index (χ2v) is 5.62. The molecule has 1 saturated heterocycles. The topological polar surface area (TPSA) is 35.5 Å². The summed E-state index contributed by atoms with van der Waals surface area (Å²) in [6.45, 7) is 4.58. The number of nitrogens with zero attached hydrogens (tertiary/aromatic N) is 1. The molecule has 2 N–H and O–H groups in total. The molecule has 0 radical (unpaired) electrons. The van der Waals surface area contributed by atoms with Crippen LogP contribution in [0.25, 0.3) is 0 Å². The van der Waals surface area contributed by atoms with Crippen molar-refractivity contribution in [3.8, 4) is 0 Å². The van der Waals surface area contributed by atoms with E-state index in [1.807, 2.05) is 0 Å². The highest BCUT2D eigenvalue weighted by atomic mass is 16.3. The highest BCUT2D eigenvalue weighted by Gasteiger charge is 2.30. The Kier molecular flexibility index (Phi) is 4.22. The fourth-order valence-corrected chi connectivity index (χ4v) is 3.13. The Morgan fingerprint density at radius 3 is 2.19 bits per heavy atom. The Bertz CT molecular complexity index is 212. The molecule has 0 aromatic heterocycles. The fourth-order valence-electron chi connectivity index (χ4n) is 3.13. The van der Waals surface area contributed by atoms with Crippen LogP contribution < -0.4 is 5.43 Å².